The lowest BCUT2D eigenvalue weighted by Gasteiger charge is -2.16. The molecule has 1 saturated carbocycles. The molecule has 1 fully saturated rings. The molecule has 3 rings (SSSR count). The number of nitrogens with one attached hydrogen (secondary N) is 3. The molecule has 23 heavy (non-hydrogen) atoms. The lowest BCUT2D eigenvalue weighted by atomic mass is 10.2. The van der Waals surface area contributed by atoms with Crippen molar-refractivity contribution in [2.75, 3.05) is 6.54 Å². The summed E-state index contributed by atoms with van der Waals surface area (Å²) in [5, 5.41) is -0.00167. The molecular formula is C12H16ClN5O4S. The number of nitrogens with two attached hydrogens (primary N) is 1. The third-order valence-electron chi connectivity index (χ3n) is 3.63. The fourth-order valence-electron chi connectivity index (χ4n) is 2.28. The molecule has 0 radical (unpaired) electrons. The maximum atomic E-state index is 12.4. The van der Waals surface area contributed by atoms with Crippen LogP contribution >= 0.6 is 12.4 Å². The highest BCUT2D eigenvalue weighted by molar-refractivity contribution is 7.89. The van der Waals surface area contributed by atoms with Gasteiger partial charge in [0, 0.05) is 18.8 Å². The van der Waals surface area contributed by atoms with Crippen LogP contribution in [0.2, 0.25) is 0 Å². The average Bonchev–Trinajstić information content (AvgIpc) is 3.28. The highest BCUT2D eigenvalue weighted by atomic mass is 35.5. The van der Waals surface area contributed by atoms with Crippen LogP contribution in [0.15, 0.2) is 26.7 Å². The van der Waals surface area contributed by atoms with Crippen molar-refractivity contribution in [3.8, 4) is 0 Å². The fraction of sp³-hybridized carbons (Fsp3) is 0.417. The summed E-state index contributed by atoms with van der Waals surface area (Å²) in [6, 6.07) is 0.856. The Balaban J connectivity index is 0.00000192. The molecule has 0 aliphatic heterocycles. The van der Waals surface area contributed by atoms with Gasteiger partial charge in [-0.05, 0) is 24.8 Å². The minimum atomic E-state index is -3.83. The second-order valence-corrected chi connectivity index (χ2v) is 6.99. The molecule has 0 saturated heterocycles. The zero-order valence-electron chi connectivity index (χ0n) is 11.9. The Morgan fingerprint density at radius 1 is 1.35 bits per heavy atom. The standard InChI is InChI=1S/C12H15N5O4S.ClH/c13-4-9(6-1-2-6)17-22(20,21)7-3-8-10(14-5-7)15-12(19)16-11(8)18;/h3,5-6,9,17H,1-2,4,13H2,(H2,14,15,16,18,19);1H. The highest BCUT2D eigenvalue weighted by Gasteiger charge is 2.33. The van der Waals surface area contributed by atoms with Crippen molar-refractivity contribution in [3.63, 3.8) is 0 Å². The molecule has 2 aromatic rings. The van der Waals surface area contributed by atoms with Gasteiger partial charge in [0.15, 0.2) is 0 Å². The van der Waals surface area contributed by atoms with E-state index in [2.05, 4.69) is 14.7 Å². The van der Waals surface area contributed by atoms with Crippen LogP contribution in [0.3, 0.4) is 0 Å². The van der Waals surface area contributed by atoms with E-state index in [1.54, 1.807) is 0 Å². The number of aromatic amines is 2. The lowest BCUT2D eigenvalue weighted by molar-refractivity contribution is 0.519. The summed E-state index contributed by atoms with van der Waals surface area (Å²) < 4.78 is 27.3. The molecule has 126 valence electrons. The first kappa shape index (κ1) is 17.6. The van der Waals surface area contributed by atoms with Crippen molar-refractivity contribution >= 4 is 33.5 Å². The molecule has 1 atom stereocenters. The zero-order valence-corrected chi connectivity index (χ0v) is 13.5. The number of hydrogen-bond acceptors (Lipinski definition) is 6. The molecule has 2 aromatic heterocycles. The van der Waals surface area contributed by atoms with Crippen LogP contribution in [0.4, 0.5) is 0 Å². The summed E-state index contributed by atoms with van der Waals surface area (Å²) >= 11 is 0. The Morgan fingerprint density at radius 2 is 2.04 bits per heavy atom. The van der Waals surface area contributed by atoms with Gasteiger partial charge in [-0.3, -0.25) is 14.8 Å². The van der Waals surface area contributed by atoms with Crippen molar-refractivity contribution < 1.29 is 8.42 Å². The van der Waals surface area contributed by atoms with Gasteiger partial charge in [-0.2, -0.15) is 0 Å². The van der Waals surface area contributed by atoms with Gasteiger partial charge < -0.3 is 5.73 Å². The molecule has 1 aliphatic carbocycles. The molecule has 1 aliphatic rings. The normalized spacial score (nSPS) is 16.0. The van der Waals surface area contributed by atoms with Crippen LogP contribution in [-0.2, 0) is 10.0 Å². The molecule has 0 spiro atoms. The van der Waals surface area contributed by atoms with Crippen molar-refractivity contribution in [1.82, 2.24) is 19.7 Å². The highest BCUT2D eigenvalue weighted by Crippen LogP contribution is 2.32. The first-order chi connectivity index (χ1) is 10.4. The monoisotopic (exact) mass is 361 g/mol. The number of fused-ring (bicyclic) bond motifs is 1. The Labute approximate surface area is 137 Å². The van der Waals surface area contributed by atoms with Gasteiger partial charge in [0.05, 0.1) is 5.39 Å². The third-order valence-corrected chi connectivity index (χ3v) is 5.08. The van der Waals surface area contributed by atoms with E-state index in [9.17, 15) is 18.0 Å². The maximum absolute atomic E-state index is 12.4. The van der Waals surface area contributed by atoms with Crippen LogP contribution in [0.1, 0.15) is 12.8 Å². The predicted octanol–water partition coefficient (Wildman–Crippen LogP) is -0.951. The van der Waals surface area contributed by atoms with Crippen LogP contribution in [0, 0.1) is 5.92 Å². The number of hydrogen-bond donors (Lipinski definition) is 4. The number of rotatable bonds is 5. The van der Waals surface area contributed by atoms with Crippen molar-refractivity contribution in [2.45, 2.75) is 23.8 Å². The van der Waals surface area contributed by atoms with Gasteiger partial charge in [0.25, 0.3) is 5.56 Å². The average molecular weight is 362 g/mol. The SMILES string of the molecule is Cl.NCC(NS(=O)(=O)c1cnc2[nH]c(=O)[nH]c(=O)c2c1)C1CC1. The lowest BCUT2D eigenvalue weighted by Crippen LogP contribution is -2.41. The van der Waals surface area contributed by atoms with Crippen LogP contribution in [-0.4, -0.2) is 36.0 Å². The Hall–Kier alpha value is -1.75. The number of aromatic nitrogens is 3. The summed E-state index contributed by atoms with van der Waals surface area (Å²) in [5.41, 5.74) is 4.23. The molecule has 0 aromatic carbocycles. The predicted molar refractivity (Wildman–Crippen MR) is 86.1 cm³/mol. The number of H-pyrrole nitrogens is 2. The van der Waals surface area contributed by atoms with E-state index in [-0.39, 0.29) is 46.8 Å². The number of halogens is 1. The third kappa shape index (κ3) is 3.61. The number of nitrogens with zero attached hydrogens (tertiary/aromatic N) is 1. The molecule has 1 unspecified atom stereocenters. The zero-order chi connectivity index (χ0) is 15.9. The van der Waals surface area contributed by atoms with E-state index in [0.29, 0.717) is 0 Å². The summed E-state index contributed by atoms with van der Waals surface area (Å²) in [6.07, 6.45) is 2.99. The largest absolute Gasteiger partial charge is 0.329 e. The van der Waals surface area contributed by atoms with Gasteiger partial charge in [-0.25, -0.2) is 22.9 Å². The van der Waals surface area contributed by atoms with Crippen molar-refractivity contribution in [1.29, 1.82) is 0 Å². The second kappa shape index (κ2) is 6.40. The summed E-state index contributed by atoms with van der Waals surface area (Å²) in [5.74, 6) is 0.257. The summed E-state index contributed by atoms with van der Waals surface area (Å²) in [4.78, 5) is 30.9. The molecule has 0 amide bonds. The van der Waals surface area contributed by atoms with Crippen molar-refractivity contribution in [2.24, 2.45) is 11.7 Å². The topological polar surface area (TPSA) is 151 Å². The van der Waals surface area contributed by atoms with E-state index in [4.69, 9.17) is 5.73 Å². The Morgan fingerprint density at radius 3 is 2.65 bits per heavy atom. The maximum Gasteiger partial charge on any atom is 0.327 e. The summed E-state index contributed by atoms with van der Waals surface area (Å²) in [7, 11) is -3.83. The van der Waals surface area contributed by atoms with Gasteiger partial charge in [-0.1, -0.05) is 0 Å². The van der Waals surface area contributed by atoms with E-state index in [1.807, 2.05) is 4.98 Å². The quantitative estimate of drug-likeness (QED) is 0.539. The Bertz CT molecular complexity index is 934. The first-order valence-corrected chi connectivity index (χ1v) is 8.24. The van der Waals surface area contributed by atoms with Gasteiger partial charge in [-0.15, -0.1) is 12.4 Å². The van der Waals surface area contributed by atoms with E-state index in [0.717, 1.165) is 19.0 Å². The van der Waals surface area contributed by atoms with Gasteiger partial charge in [0.1, 0.15) is 10.5 Å². The molecule has 0 bridgehead atoms. The molecule has 5 N–H and O–H groups in total. The molecular weight excluding hydrogens is 346 g/mol. The van der Waals surface area contributed by atoms with Crippen LogP contribution in [0.25, 0.3) is 11.0 Å². The van der Waals surface area contributed by atoms with Crippen LogP contribution < -0.4 is 21.7 Å². The van der Waals surface area contributed by atoms with Crippen molar-refractivity contribution in [3.05, 3.63) is 33.1 Å². The number of sulfonamides is 1. The second-order valence-electron chi connectivity index (χ2n) is 5.28. The minimum absolute atomic E-state index is 0. The molecule has 2 heterocycles. The van der Waals surface area contributed by atoms with Gasteiger partial charge >= 0.3 is 5.69 Å². The van der Waals surface area contributed by atoms with E-state index < -0.39 is 21.3 Å². The van der Waals surface area contributed by atoms with Crippen LogP contribution in [0.5, 0.6) is 0 Å². The Kier molecular flexibility index (Phi) is 4.90. The molecule has 9 nitrogen and oxygen atoms in total. The number of pyridine rings is 1. The smallest absolute Gasteiger partial charge is 0.327 e. The fourth-order valence-corrected chi connectivity index (χ4v) is 3.57. The van der Waals surface area contributed by atoms with E-state index in [1.165, 1.54) is 6.07 Å². The van der Waals surface area contributed by atoms with Gasteiger partial charge in [0.2, 0.25) is 10.0 Å². The first-order valence-electron chi connectivity index (χ1n) is 6.75. The minimum Gasteiger partial charge on any atom is -0.329 e. The molecule has 11 heteroatoms. The van der Waals surface area contributed by atoms with E-state index >= 15 is 0 Å². The summed E-state index contributed by atoms with van der Waals surface area (Å²) in [6.45, 7) is 0.207.